The maximum absolute atomic E-state index is 12.6. The fourth-order valence-electron chi connectivity index (χ4n) is 1.73. The molecule has 0 aromatic heterocycles. The first-order valence-corrected chi connectivity index (χ1v) is 8.36. The molecule has 0 aliphatic carbocycles. The van der Waals surface area contributed by atoms with Crippen molar-refractivity contribution in [2.45, 2.75) is 11.8 Å². The number of halogens is 1. The van der Waals surface area contributed by atoms with Gasteiger partial charge in [-0.05, 0) is 43.3 Å². The Hall–Kier alpha value is -2.05. The van der Waals surface area contributed by atoms with Crippen LogP contribution in [0.15, 0.2) is 53.4 Å². The van der Waals surface area contributed by atoms with E-state index in [4.69, 9.17) is 16.4 Å². The maximum Gasteiger partial charge on any atom is 0.334 e. The van der Waals surface area contributed by atoms with Gasteiger partial charge >= 0.3 is 6.03 Å². The summed E-state index contributed by atoms with van der Waals surface area (Å²) in [6.07, 6.45) is 0. The van der Waals surface area contributed by atoms with Gasteiger partial charge in [0.25, 0.3) is 0 Å². The highest BCUT2D eigenvalue weighted by molar-refractivity contribution is 7.90. The van der Waals surface area contributed by atoms with Gasteiger partial charge in [0, 0.05) is 17.8 Å². The van der Waals surface area contributed by atoms with Crippen LogP contribution in [0, 0.1) is 11.7 Å². The molecule has 2 aromatic carbocycles. The molecule has 2 rings (SSSR count). The lowest BCUT2D eigenvalue weighted by atomic mass is 10.2. The number of urea groups is 1. The van der Waals surface area contributed by atoms with Crippen molar-refractivity contribution in [2.24, 2.45) is 0 Å². The molecular weight excluding hydrogens is 322 g/mol. The number of nitrogens with one attached hydrogen (secondary N) is 2. The third kappa shape index (κ3) is 3.58. The van der Waals surface area contributed by atoms with Crippen LogP contribution in [-0.2, 0) is 9.92 Å². The van der Waals surface area contributed by atoms with Gasteiger partial charge in [0.15, 0.2) is 9.92 Å². The van der Waals surface area contributed by atoms with Crippen LogP contribution < -0.4 is 5.32 Å². The number of carbonyl (C=O) groups is 1. The molecule has 7 heteroatoms. The van der Waals surface area contributed by atoms with E-state index in [9.17, 15) is 9.00 Å². The quantitative estimate of drug-likeness (QED) is 0.883. The molecule has 1 unspecified atom stereocenters. The standard InChI is InChI=1S/C15H16ClN3O2S/c1-11-3-9-14(10-4-11)22(17,21)19(2)15(20)18-13-7-5-12(16)6-8-13/h3-10,17H,1-2H3,(H,18,20). The van der Waals surface area contributed by atoms with E-state index >= 15 is 0 Å². The largest absolute Gasteiger partial charge is 0.334 e. The van der Waals surface area contributed by atoms with Crippen molar-refractivity contribution in [2.75, 3.05) is 12.4 Å². The minimum atomic E-state index is -3.39. The summed E-state index contributed by atoms with van der Waals surface area (Å²) >= 11 is 5.78. The summed E-state index contributed by atoms with van der Waals surface area (Å²) in [5.74, 6) is 0. The number of carbonyl (C=O) groups excluding carboxylic acids is 1. The molecule has 0 spiro atoms. The zero-order valence-corrected chi connectivity index (χ0v) is 13.7. The van der Waals surface area contributed by atoms with E-state index in [1.165, 1.54) is 7.05 Å². The lowest BCUT2D eigenvalue weighted by Gasteiger charge is -2.21. The number of benzene rings is 2. The highest BCUT2D eigenvalue weighted by Gasteiger charge is 2.22. The van der Waals surface area contributed by atoms with Crippen molar-refractivity contribution < 1.29 is 9.00 Å². The van der Waals surface area contributed by atoms with E-state index in [1.54, 1.807) is 48.5 Å². The molecule has 0 aliphatic rings. The molecule has 1 atom stereocenters. The van der Waals surface area contributed by atoms with E-state index in [1.807, 2.05) is 6.92 Å². The average molecular weight is 338 g/mol. The van der Waals surface area contributed by atoms with Gasteiger partial charge in [-0.2, -0.15) is 0 Å². The highest BCUT2D eigenvalue weighted by Crippen LogP contribution is 2.18. The van der Waals surface area contributed by atoms with Gasteiger partial charge in [0.1, 0.15) is 0 Å². The normalized spacial score (nSPS) is 13.2. The molecule has 2 aromatic rings. The Morgan fingerprint density at radius 3 is 2.23 bits per heavy atom. The molecule has 116 valence electrons. The van der Waals surface area contributed by atoms with E-state index in [2.05, 4.69) is 5.32 Å². The van der Waals surface area contributed by atoms with E-state index in [-0.39, 0.29) is 4.90 Å². The first-order chi connectivity index (χ1) is 10.3. The third-order valence-electron chi connectivity index (χ3n) is 3.11. The van der Waals surface area contributed by atoms with Crippen molar-refractivity contribution in [1.82, 2.24) is 4.31 Å². The Kier molecular flexibility index (Phi) is 4.73. The Balaban J connectivity index is 2.18. The second kappa shape index (κ2) is 6.37. The Morgan fingerprint density at radius 2 is 1.68 bits per heavy atom. The van der Waals surface area contributed by atoms with Gasteiger partial charge in [0.05, 0.1) is 4.90 Å². The van der Waals surface area contributed by atoms with Crippen LogP contribution >= 0.6 is 11.6 Å². The van der Waals surface area contributed by atoms with Crippen LogP contribution in [0.1, 0.15) is 5.56 Å². The summed E-state index contributed by atoms with van der Waals surface area (Å²) in [6, 6.07) is 12.6. The van der Waals surface area contributed by atoms with Gasteiger partial charge in [-0.1, -0.05) is 29.3 Å². The molecule has 0 saturated carbocycles. The number of amides is 2. The first kappa shape index (κ1) is 16.3. The van der Waals surface area contributed by atoms with Crippen LogP contribution in [0.2, 0.25) is 5.02 Å². The monoisotopic (exact) mass is 337 g/mol. The number of hydrogen-bond acceptors (Lipinski definition) is 3. The average Bonchev–Trinajstić information content (AvgIpc) is 2.49. The van der Waals surface area contributed by atoms with Gasteiger partial charge in [0.2, 0.25) is 0 Å². The number of anilines is 1. The summed E-state index contributed by atoms with van der Waals surface area (Å²) in [5, 5.41) is 3.14. The summed E-state index contributed by atoms with van der Waals surface area (Å²) in [4.78, 5) is 12.5. The van der Waals surface area contributed by atoms with Crippen LogP contribution in [0.25, 0.3) is 0 Å². The number of nitrogens with zero attached hydrogens (tertiary/aromatic N) is 1. The minimum Gasteiger partial charge on any atom is -0.307 e. The van der Waals surface area contributed by atoms with Crippen molar-refractivity contribution in [1.29, 1.82) is 4.78 Å². The van der Waals surface area contributed by atoms with Gasteiger partial charge in [-0.15, -0.1) is 0 Å². The molecule has 2 amide bonds. The smallest absolute Gasteiger partial charge is 0.307 e. The fraction of sp³-hybridized carbons (Fsp3) is 0.133. The lowest BCUT2D eigenvalue weighted by molar-refractivity contribution is 0.241. The Morgan fingerprint density at radius 1 is 1.14 bits per heavy atom. The molecule has 0 heterocycles. The molecular formula is C15H16ClN3O2S. The molecule has 0 fully saturated rings. The van der Waals surface area contributed by atoms with Crippen molar-refractivity contribution in [3.8, 4) is 0 Å². The van der Waals surface area contributed by atoms with Gasteiger partial charge in [-0.3, -0.25) is 0 Å². The maximum atomic E-state index is 12.6. The second-order valence-corrected chi connectivity index (χ2v) is 7.28. The van der Waals surface area contributed by atoms with Crippen molar-refractivity contribution in [3.05, 3.63) is 59.1 Å². The molecule has 0 radical (unpaired) electrons. The van der Waals surface area contributed by atoms with E-state index in [0.29, 0.717) is 10.7 Å². The summed E-state index contributed by atoms with van der Waals surface area (Å²) in [5.41, 5.74) is 1.51. The van der Waals surface area contributed by atoms with E-state index < -0.39 is 15.9 Å². The molecule has 0 bridgehead atoms. The minimum absolute atomic E-state index is 0.284. The predicted octanol–water partition coefficient (Wildman–Crippen LogP) is 4.13. The van der Waals surface area contributed by atoms with Crippen molar-refractivity contribution >= 4 is 33.2 Å². The third-order valence-corrected chi connectivity index (χ3v) is 5.21. The summed E-state index contributed by atoms with van der Waals surface area (Å²) < 4.78 is 21.5. The fourth-order valence-corrected chi connectivity index (χ4v) is 2.96. The summed E-state index contributed by atoms with van der Waals surface area (Å²) in [6.45, 7) is 1.90. The second-order valence-electron chi connectivity index (χ2n) is 4.77. The van der Waals surface area contributed by atoms with Gasteiger partial charge < -0.3 is 5.32 Å². The molecule has 2 N–H and O–H groups in total. The topological polar surface area (TPSA) is 73.3 Å². The van der Waals surface area contributed by atoms with Crippen LogP contribution in [0.3, 0.4) is 0 Å². The number of hydrogen-bond donors (Lipinski definition) is 2. The molecule has 22 heavy (non-hydrogen) atoms. The Bertz CT molecular complexity index is 771. The van der Waals surface area contributed by atoms with Crippen LogP contribution in [-0.4, -0.2) is 21.6 Å². The highest BCUT2D eigenvalue weighted by atomic mass is 35.5. The van der Waals surface area contributed by atoms with Crippen LogP contribution in [0.4, 0.5) is 10.5 Å². The molecule has 0 aliphatic heterocycles. The van der Waals surface area contributed by atoms with E-state index in [0.717, 1.165) is 9.87 Å². The molecule has 5 nitrogen and oxygen atoms in total. The summed E-state index contributed by atoms with van der Waals surface area (Å²) in [7, 11) is -2.05. The lowest BCUT2D eigenvalue weighted by Crippen LogP contribution is -2.35. The zero-order valence-electron chi connectivity index (χ0n) is 12.2. The first-order valence-electron chi connectivity index (χ1n) is 6.46. The number of rotatable bonds is 3. The van der Waals surface area contributed by atoms with Crippen molar-refractivity contribution in [3.63, 3.8) is 0 Å². The SMILES string of the molecule is Cc1ccc(S(=N)(=O)N(C)C(=O)Nc2ccc(Cl)cc2)cc1. The zero-order chi connectivity index (χ0) is 16.3. The van der Waals surface area contributed by atoms with Crippen LogP contribution in [0.5, 0.6) is 0 Å². The number of aryl methyl sites for hydroxylation is 1. The molecule has 0 saturated heterocycles. The predicted molar refractivity (Wildman–Crippen MR) is 88.5 cm³/mol. The van der Waals surface area contributed by atoms with Gasteiger partial charge in [-0.25, -0.2) is 18.1 Å². The Labute approximate surface area is 135 Å².